The Bertz CT molecular complexity index is 687. The lowest BCUT2D eigenvalue weighted by atomic mass is 9.92. The van der Waals surface area contributed by atoms with Crippen LogP contribution in [-0.2, 0) is 15.8 Å². The molecule has 1 amide bonds. The van der Waals surface area contributed by atoms with Gasteiger partial charge in [0.05, 0.1) is 12.0 Å². The summed E-state index contributed by atoms with van der Waals surface area (Å²) in [5, 5.41) is 17.3. The number of hydrogen-bond acceptors (Lipinski definition) is 5. The molecule has 1 aromatic heterocycles. The molecule has 2 unspecified atom stereocenters. The predicted octanol–water partition coefficient (Wildman–Crippen LogP) is 2.84. The number of carbonyl (C=O) groups is 1. The van der Waals surface area contributed by atoms with Gasteiger partial charge in [0.1, 0.15) is 6.04 Å². The molecular weight excluding hydrogens is 306 g/mol. The predicted molar refractivity (Wildman–Crippen MR) is 90.2 cm³/mol. The smallest absolute Gasteiger partial charge is 0.248 e. The monoisotopic (exact) mass is 331 g/mol. The summed E-state index contributed by atoms with van der Waals surface area (Å²) in [6.45, 7) is 9.36. The number of nitrogens with one attached hydrogen (secondary N) is 1. The van der Waals surface area contributed by atoms with Gasteiger partial charge in [-0.1, -0.05) is 56.3 Å². The number of rotatable bonds is 5. The van der Waals surface area contributed by atoms with Crippen LogP contribution in [-0.4, -0.2) is 21.2 Å². The SMILES string of the molecule is CC(NC(=O)CC(C)(O)c1ccccc1)c1nc(C(C)(C)C)no1. The Kier molecular flexibility index (Phi) is 5.08. The summed E-state index contributed by atoms with van der Waals surface area (Å²) in [5.74, 6) is 0.661. The Morgan fingerprint density at radius 3 is 2.42 bits per heavy atom. The van der Waals surface area contributed by atoms with Crippen molar-refractivity contribution in [2.75, 3.05) is 0 Å². The van der Waals surface area contributed by atoms with E-state index in [4.69, 9.17) is 4.52 Å². The highest BCUT2D eigenvalue weighted by Gasteiger charge is 2.28. The number of nitrogens with zero attached hydrogens (tertiary/aromatic N) is 2. The Morgan fingerprint density at radius 2 is 1.88 bits per heavy atom. The third-order valence-corrected chi connectivity index (χ3v) is 3.76. The van der Waals surface area contributed by atoms with Gasteiger partial charge in [-0.25, -0.2) is 0 Å². The van der Waals surface area contributed by atoms with Crippen LogP contribution in [0.4, 0.5) is 0 Å². The van der Waals surface area contributed by atoms with E-state index in [0.717, 1.165) is 0 Å². The van der Waals surface area contributed by atoms with Gasteiger partial charge in [-0.05, 0) is 19.4 Å². The van der Waals surface area contributed by atoms with Gasteiger partial charge in [0, 0.05) is 5.41 Å². The Hall–Kier alpha value is -2.21. The van der Waals surface area contributed by atoms with Crippen molar-refractivity contribution >= 4 is 5.91 Å². The van der Waals surface area contributed by atoms with Crippen molar-refractivity contribution in [3.8, 4) is 0 Å². The van der Waals surface area contributed by atoms with Gasteiger partial charge in [0.2, 0.25) is 11.8 Å². The molecule has 0 aliphatic carbocycles. The first-order valence-electron chi connectivity index (χ1n) is 8.01. The number of carbonyl (C=O) groups excluding carboxylic acids is 1. The summed E-state index contributed by atoms with van der Waals surface area (Å²) < 4.78 is 5.23. The lowest BCUT2D eigenvalue weighted by molar-refractivity contribution is -0.126. The van der Waals surface area contributed by atoms with Gasteiger partial charge < -0.3 is 14.9 Å². The van der Waals surface area contributed by atoms with Gasteiger partial charge >= 0.3 is 0 Å². The Balaban J connectivity index is 2.00. The second kappa shape index (κ2) is 6.73. The maximum absolute atomic E-state index is 12.3. The van der Waals surface area contributed by atoms with E-state index in [1.807, 2.05) is 39.0 Å². The molecule has 1 heterocycles. The van der Waals surface area contributed by atoms with Crippen LogP contribution in [0.25, 0.3) is 0 Å². The Morgan fingerprint density at radius 1 is 1.25 bits per heavy atom. The molecule has 2 rings (SSSR count). The molecule has 130 valence electrons. The zero-order valence-corrected chi connectivity index (χ0v) is 14.8. The molecule has 2 N–H and O–H groups in total. The highest BCUT2D eigenvalue weighted by molar-refractivity contribution is 5.77. The molecular formula is C18H25N3O3. The largest absolute Gasteiger partial charge is 0.385 e. The van der Waals surface area contributed by atoms with Gasteiger partial charge in [0.15, 0.2) is 5.82 Å². The number of amides is 1. The van der Waals surface area contributed by atoms with Crippen LogP contribution >= 0.6 is 0 Å². The fourth-order valence-electron chi connectivity index (χ4n) is 2.28. The average molecular weight is 331 g/mol. The lowest BCUT2D eigenvalue weighted by Gasteiger charge is -2.23. The molecule has 1 aromatic carbocycles. The van der Waals surface area contributed by atoms with Crippen LogP contribution in [0.15, 0.2) is 34.9 Å². The summed E-state index contributed by atoms with van der Waals surface area (Å²) >= 11 is 0. The van der Waals surface area contributed by atoms with E-state index in [0.29, 0.717) is 17.3 Å². The van der Waals surface area contributed by atoms with Gasteiger partial charge in [-0.3, -0.25) is 4.79 Å². The number of hydrogen-bond donors (Lipinski definition) is 2. The number of aliphatic hydroxyl groups is 1. The van der Waals surface area contributed by atoms with Crippen LogP contribution in [0.1, 0.15) is 64.4 Å². The zero-order valence-electron chi connectivity index (χ0n) is 14.8. The Labute approximate surface area is 142 Å². The molecule has 0 saturated carbocycles. The lowest BCUT2D eigenvalue weighted by Crippen LogP contribution is -2.34. The summed E-state index contributed by atoms with van der Waals surface area (Å²) in [6.07, 6.45) is -0.0539. The number of benzene rings is 1. The van der Waals surface area contributed by atoms with Crippen LogP contribution < -0.4 is 5.32 Å². The highest BCUT2D eigenvalue weighted by Crippen LogP contribution is 2.25. The molecule has 0 spiro atoms. The van der Waals surface area contributed by atoms with Crippen molar-refractivity contribution in [3.63, 3.8) is 0 Å². The minimum Gasteiger partial charge on any atom is -0.385 e. The molecule has 0 saturated heterocycles. The maximum atomic E-state index is 12.3. The van der Waals surface area contributed by atoms with Gasteiger partial charge in [0.25, 0.3) is 0 Å². The van der Waals surface area contributed by atoms with Crippen molar-refractivity contribution < 1.29 is 14.4 Å². The van der Waals surface area contributed by atoms with E-state index in [2.05, 4.69) is 15.5 Å². The van der Waals surface area contributed by atoms with Crippen LogP contribution in [0.2, 0.25) is 0 Å². The first kappa shape index (κ1) is 18.1. The van der Waals surface area contributed by atoms with Crippen LogP contribution in [0, 0.1) is 0 Å². The number of aromatic nitrogens is 2. The molecule has 0 fully saturated rings. The van der Waals surface area contributed by atoms with E-state index < -0.39 is 11.6 Å². The second-order valence-corrected chi connectivity index (χ2v) is 7.31. The fraction of sp³-hybridized carbons (Fsp3) is 0.500. The maximum Gasteiger partial charge on any atom is 0.248 e. The highest BCUT2D eigenvalue weighted by atomic mass is 16.5. The van der Waals surface area contributed by atoms with Crippen molar-refractivity contribution in [1.82, 2.24) is 15.5 Å². The van der Waals surface area contributed by atoms with E-state index in [-0.39, 0.29) is 17.7 Å². The third kappa shape index (κ3) is 4.41. The molecule has 24 heavy (non-hydrogen) atoms. The topological polar surface area (TPSA) is 88.2 Å². The summed E-state index contributed by atoms with van der Waals surface area (Å²) in [6, 6.07) is 8.69. The van der Waals surface area contributed by atoms with E-state index in [1.165, 1.54) is 0 Å². The van der Waals surface area contributed by atoms with Gasteiger partial charge in [-0.2, -0.15) is 4.98 Å². The normalized spacial score (nSPS) is 15.6. The van der Waals surface area contributed by atoms with Crippen molar-refractivity contribution in [2.24, 2.45) is 0 Å². The molecule has 0 radical (unpaired) electrons. The van der Waals surface area contributed by atoms with E-state index in [1.54, 1.807) is 26.0 Å². The van der Waals surface area contributed by atoms with Crippen molar-refractivity contribution in [2.45, 2.75) is 58.1 Å². The van der Waals surface area contributed by atoms with Crippen molar-refractivity contribution in [3.05, 3.63) is 47.6 Å². The fourth-order valence-corrected chi connectivity index (χ4v) is 2.28. The summed E-state index contributed by atoms with van der Waals surface area (Å²) in [7, 11) is 0. The van der Waals surface area contributed by atoms with Crippen LogP contribution in [0.5, 0.6) is 0 Å². The summed E-state index contributed by atoms with van der Waals surface area (Å²) in [5.41, 5.74) is -0.764. The molecule has 2 aromatic rings. The van der Waals surface area contributed by atoms with E-state index in [9.17, 15) is 9.90 Å². The standard InChI is InChI=1S/C18H25N3O3/c1-12(15-20-16(21-24-15)17(2,3)4)19-14(22)11-18(5,23)13-9-7-6-8-10-13/h6-10,12,23H,11H2,1-5H3,(H,19,22). The van der Waals surface area contributed by atoms with E-state index >= 15 is 0 Å². The van der Waals surface area contributed by atoms with Gasteiger partial charge in [-0.15, -0.1) is 0 Å². The molecule has 0 aliphatic rings. The molecule has 0 aliphatic heterocycles. The average Bonchev–Trinajstić information content (AvgIpc) is 2.97. The summed E-state index contributed by atoms with van der Waals surface area (Å²) in [4.78, 5) is 16.6. The molecule has 0 bridgehead atoms. The molecule has 6 nitrogen and oxygen atoms in total. The zero-order chi connectivity index (χ0) is 18.0. The minimum absolute atomic E-state index is 0.0539. The quantitative estimate of drug-likeness (QED) is 0.879. The molecule has 6 heteroatoms. The first-order valence-corrected chi connectivity index (χ1v) is 8.01. The van der Waals surface area contributed by atoms with Crippen molar-refractivity contribution in [1.29, 1.82) is 0 Å². The third-order valence-electron chi connectivity index (χ3n) is 3.76. The first-order chi connectivity index (χ1) is 11.1. The minimum atomic E-state index is -1.24. The second-order valence-electron chi connectivity index (χ2n) is 7.31. The molecule has 2 atom stereocenters. The van der Waals surface area contributed by atoms with Crippen LogP contribution in [0.3, 0.4) is 0 Å².